The van der Waals surface area contributed by atoms with Gasteiger partial charge in [0.2, 0.25) is 0 Å². The van der Waals surface area contributed by atoms with Gasteiger partial charge in [0.15, 0.2) is 0 Å². The van der Waals surface area contributed by atoms with E-state index in [-0.39, 0.29) is 17.3 Å². The van der Waals surface area contributed by atoms with Gasteiger partial charge in [-0.3, -0.25) is 0 Å². The van der Waals surface area contributed by atoms with Crippen molar-refractivity contribution in [3.8, 4) is 0 Å². The van der Waals surface area contributed by atoms with E-state index in [0.717, 1.165) is 0 Å². The maximum absolute atomic E-state index is 14.3. The van der Waals surface area contributed by atoms with Crippen LogP contribution in [0.3, 0.4) is 0 Å². The van der Waals surface area contributed by atoms with Gasteiger partial charge in [0.05, 0.1) is 0 Å². The zero-order valence-electron chi connectivity index (χ0n) is 14.2. The average molecular weight is 298 g/mol. The zero-order chi connectivity index (χ0) is 16.4. The molecule has 0 saturated carbocycles. The maximum atomic E-state index is 14.3. The molecule has 1 unspecified atom stereocenters. The molecule has 0 heterocycles. The van der Waals surface area contributed by atoms with Crippen molar-refractivity contribution in [2.24, 2.45) is 5.92 Å². The van der Waals surface area contributed by atoms with Crippen LogP contribution in [0, 0.1) is 17.6 Å². The molecule has 0 fully saturated rings. The Hall–Kier alpha value is -1.16. The number of rotatable bonds is 5. The number of benzene rings is 1. The summed E-state index contributed by atoms with van der Waals surface area (Å²) < 4.78 is 28.6. The van der Waals surface area contributed by atoms with Gasteiger partial charge >= 0.3 is 0 Å². The Labute approximate surface area is 127 Å². The topological polar surface area (TPSA) is 15.3 Å². The fourth-order valence-electron chi connectivity index (χ4n) is 2.08. The summed E-state index contributed by atoms with van der Waals surface area (Å²) >= 11 is 0. The first-order chi connectivity index (χ1) is 9.53. The van der Waals surface area contributed by atoms with Crippen LogP contribution in [0.4, 0.5) is 14.5 Å². The molecule has 0 bridgehead atoms. The third kappa shape index (κ3) is 4.95. The minimum absolute atomic E-state index is 0.0516. The van der Waals surface area contributed by atoms with E-state index >= 15 is 0 Å². The first-order valence-corrected chi connectivity index (χ1v) is 7.48. The summed E-state index contributed by atoms with van der Waals surface area (Å²) in [4.78, 5) is 1.68. The van der Waals surface area contributed by atoms with Crippen molar-refractivity contribution in [3.05, 3.63) is 29.3 Å². The van der Waals surface area contributed by atoms with E-state index in [0.29, 0.717) is 18.0 Å². The highest BCUT2D eigenvalue weighted by atomic mass is 19.1. The van der Waals surface area contributed by atoms with Gasteiger partial charge in [0.1, 0.15) is 17.3 Å². The van der Waals surface area contributed by atoms with Gasteiger partial charge in [-0.2, -0.15) is 0 Å². The Morgan fingerprint density at radius 2 is 1.57 bits per heavy atom. The van der Waals surface area contributed by atoms with Crippen LogP contribution in [-0.4, -0.2) is 18.6 Å². The smallest absolute Gasteiger partial charge is 0.149 e. The molecule has 1 N–H and O–H groups in total. The summed E-state index contributed by atoms with van der Waals surface area (Å²) in [6.45, 7) is 12.6. The highest BCUT2D eigenvalue weighted by molar-refractivity contribution is 5.51. The van der Waals surface area contributed by atoms with E-state index in [2.05, 4.69) is 5.32 Å². The highest BCUT2D eigenvalue weighted by Gasteiger charge is 2.21. The molecule has 4 heteroatoms. The van der Waals surface area contributed by atoms with Crippen molar-refractivity contribution in [2.45, 2.75) is 59.7 Å². The summed E-state index contributed by atoms with van der Waals surface area (Å²) in [6.07, 6.45) is 0. The monoisotopic (exact) mass is 298 g/mol. The molecular formula is C17H28F2N2. The van der Waals surface area contributed by atoms with E-state index in [1.165, 1.54) is 12.1 Å². The number of nitrogens with one attached hydrogen (secondary N) is 1. The largest absolute Gasteiger partial charge is 0.367 e. The number of anilines is 1. The standard InChI is InChI=1S/C17H28F2N2/c1-11(2)12(3)21(7)16-14(18)8-13(9-15(16)19)10-20-17(4,5)6/h8-9,11-12,20H,10H2,1-7H3. The van der Waals surface area contributed by atoms with Crippen molar-refractivity contribution in [3.63, 3.8) is 0 Å². The average Bonchev–Trinajstić information content (AvgIpc) is 2.33. The summed E-state index contributed by atoms with van der Waals surface area (Å²) in [5.74, 6) is -0.692. The zero-order valence-corrected chi connectivity index (χ0v) is 14.2. The first-order valence-electron chi connectivity index (χ1n) is 7.48. The lowest BCUT2D eigenvalue weighted by Crippen LogP contribution is -2.36. The third-order valence-corrected chi connectivity index (χ3v) is 3.83. The van der Waals surface area contributed by atoms with Crippen LogP contribution in [0.1, 0.15) is 47.1 Å². The normalized spacial score (nSPS) is 13.6. The fourth-order valence-corrected chi connectivity index (χ4v) is 2.08. The molecule has 0 spiro atoms. The molecule has 1 aromatic carbocycles. The predicted molar refractivity (Wildman–Crippen MR) is 85.7 cm³/mol. The fraction of sp³-hybridized carbons (Fsp3) is 0.647. The first kappa shape index (κ1) is 17.9. The Morgan fingerprint density at radius 3 is 1.95 bits per heavy atom. The summed E-state index contributed by atoms with van der Waals surface area (Å²) in [5, 5.41) is 3.24. The molecule has 1 atom stereocenters. The van der Waals surface area contributed by atoms with E-state index in [1.807, 2.05) is 41.5 Å². The minimum atomic E-state index is -0.504. The Kier molecular flexibility index (Phi) is 5.74. The van der Waals surface area contributed by atoms with Gasteiger partial charge in [-0.1, -0.05) is 13.8 Å². The molecule has 0 aliphatic heterocycles. The molecule has 0 aliphatic rings. The molecule has 1 rings (SSSR count). The van der Waals surface area contributed by atoms with Crippen molar-refractivity contribution in [2.75, 3.05) is 11.9 Å². The van der Waals surface area contributed by atoms with E-state index in [1.54, 1.807) is 11.9 Å². The van der Waals surface area contributed by atoms with E-state index in [9.17, 15) is 8.78 Å². The molecule has 1 aromatic rings. The molecule has 0 aromatic heterocycles. The second-order valence-electron chi connectivity index (χ2n) is 7.11. The van der Waals surface area contributed by atoms with Gasteiger partial charge in [0, 0.05) is 25.2 Å². The lowest BCUT2D eigenvalue weighted by Gasteiger charge is -2.30. The maximum Gasteiger partial charge on any atom is 0.149 e. The lowest BCUT2D eigenvalue weighted by atomic mass is 10.0. The van der Waals surface area contributed by atoms with Crippen molar-refractivity contribution < 1.29 is 8.78 Å². The molecule has 0 aliphatic carbocycles. The van der Waals surface area contributed by atoms with Gasteiger partial charge in [-0.25, -0.2) is 8.78 Å². The molecule has 0 saturated heterocycles. The van der Waals surface area contributed by atoms with Gasteiger partial charge in [-0.15, -0.1) is 0 Å². The molecule has 120 valence electrons. The van der Waals surface area contributed by atoms with Crippen LogP contribution >= 0.6 is 0 Å². The summed E-state index contributed by atoms with van der Waals surface area (Å²) in [5.41, 5.74) is 0.583. The second kappa shape index (κ2) is 6.73. The van der Waals surface area contributed by atoms with Crippen LogP contribution in [0.15, 0.2) is 12.1 Å². The quantitative estimate of drug-likeness (QED) is 0.870. The number of halogens is 2. The second-order valence-corrected chi connectivity index (χ2v) is 7.11. The molecule has 21 heavy (non-hydrogen) atoms. The van der Waals surface area contributed by atoms with E-state index in [4.69, 9.17) is 0 Å². The third-order valence-electron chi connectivity index (χ3n) is 3.83. The molecule has 0 radical (unpaired) electrons. The van der Waals surface area contributed by atoms with Gasteiger partial charge in [-0.05, 0) is 51.3 Å². The number of nitrogens with zero attached hydrogens (tertiary/aromatic N) is 1. The number of hydrogen-bond donors (Lipinski definition) is 1. The van der Waals surface area contributed by atoms with Crippen molar-refractivity contribution in [1.29, 1.82) is 0 Å². The molecule has 0 amide bonds. The van der Waals surface area contributed by atoms with Gasteiger partial charge in [0.25, 0.3) is 0 Å². The summed E-state index contributed by atoms with van der Waals surface area (Å²) in [7, 11) is 1.74. The van der Waals surface area contributed by atoms with Gasteiger partial charge < -0.3 is 10.2 Å². The number of hydrogen-bond acceptors (Lipinski definition) is 2. The van der Waals surface area contributed by atoms with Crippen LogP contribution in [0.5, 0.6) is 0 Å². The highest BCUT2D eigenvalue weighted by Crippen LogP contribution is 2.27. The van der Waals surface area contributed by atoms with Crippen LogP contribution in [0.25, 0.3) is 0 Å². The SMILES string of the molecule is CC(C)C(C)N(C)c1c(F)cc(CNC(C)(C)C)cc1F. The molecule has 2 nitrogen and oxygen atoms in total. The Balaban J connectivity index is 3.00. The van der Waals surface area contributed by atoms with Crippen molar-refractivity contribution in [1.82, 2.24) is 5.32 Å². The predicted octanol–water partition coefficient (Wildman–Crippen LogP) is 4.33. The molecular weight excluding hydrogens is 270 g/mol. The Morgan fingerprint density at radius 1 is 1.10 bits per heavy atom. The van der Waals surface area contributed by atoms with Crippen molar-refractivity contribution >= 4 is 5.69 Å². The Bertz CT molecular complexity index is 455. The van der Waals surface area contributed by atoms with Crippen LogP contribution < -0.4 is 10.2 Å². The van der Waals surface area contributed by atoms with E-state index < -0.39 is 11.6 Å². The summed E-state index contributed by atoms with van der Waals surface area (Å²) in [6, 6.07) is 2.90. The lowest BCUT2D eigenvalue weighted by molar-refractivity contribution is 0.422. The van der Waals surface area contributed by atoms with Crippen LogP contribution in [-0.2, 0) is 6.54 Å². The minimum Gasteiger partial charge on any atom is -0.367 e. The van der Waals surface area contributed by atoms with Crippen LogP contribution in [0.2, 0.25) is 0 Å².